The zero-order chi connectivity index (χ0) is 8.01. The molecule has 0 saturated carbocycles. The van der Waals surface area contributed by atoms with Gasteiger partial charge in [-0.25, -0.2) is 4.79 Å². The summed E-state index contributed by atoms with van der Waals surface area (Å²) < 4.78 is 0. The third-order valence-electron chi connectivity index (χ3n) is 2.11. The number of nitrogens with zero attached hydrogens (tertiary/aromatic N) is 2. The SMILES string of the molecule is CC1=CC2CN(C1)C(=O)N2O. The quantitative estimate of drug-likeness (QED) is 0.406. The van der Waals surface area contributed by atoms with Gasteiger partial charge in [0.25, 0.3) is 0 Å². The fraction of sp³-hybridized carbons (Fsp3) is 0.571. The van der Waals surface area contributed by atoms with Crippen molar-refractivity contribution in [2.75, 3.05) is 13.1 Å². The van der Waals surface area contributed by atoms with Gasteiger partial charge in [0.1, 0.15) is 0 Å². The Kier molecular flexibility index (Phi) is 1.20. The summed E-state index contributed by atoms with van der Waals surface area (Å²) >= 11 is 0. The van der Waals surface area contributed by atoms with Crippen LogP contribution in [0.25, 0.3) is 0 Å². The lowest BCUT2D eigenvalue weighted by molar-refractivity contribution is -0.0451. The molecule has 1 fully saturated rings. The smallest absolute Gasteiger partial charge is 0.316 e. The summed E-state index contributed by atoms with van der Waals surface area (Å²) in [5, 5.41) is 9.99. The molecule has 0 aromatic rings. The maximum Gasteiger partial charge on any atom is 0.344 e. The monoisotopic (exact) mass is 154 g/mol. The third kappa shape index (κ3) is 0.826. The molecular formula is C7H10N2O2. The van der Waals surface area contributed by atoms with Gasteiger partial charge in [-0.15, -0.1) is 0 Å². The van der Waals surface area contributed by atoms with E-state index in [9.17, 15) is 10.0 Å². The van der Waals surface area contributed by atoms with Crippen LogP contribution >= 0.6 is 0 Å². The summed E-state index contributed by atoms with van der Waals surface area (Å²) in [6.45, 7) is 3.25. The Bertz CT molecular complexity index is 237. The highest BCUT2D eigenvalue weighted by molar-refractivity contribution is 5.77. The van der Waals surface area contributed by atoms with Crippen LogP contribution in [0.2, 0.25) is 0 Å². The average molecular weight is 154 g/mol. The van der Waals surface area contributed by atoms with Gasteiger partial charge in [0.15, 0.2) is 0 Å². The summed E-state index contributed by atoms with van der Waals surface area (Å²) in [5.74, 6) is 0. The lowest BCUT2D eigenvalue weighted by Gasteiger charge is -2.17. The number of carbonyl (C=O) groups excluding carboxylic acids is 1. The van der Waals surface area contributed by atoms with Gasteiger partial charge in [-0.2, -0.15) is 5.06 Å². The minimum absolute atomic E-state index is 0.115. The second-order valence-corrected chi connectivity index (χ2v) is 3.09. The van der Waals surface area contributed by atoms with Crippen molar-refractivity contribution in [2.24, 2.45) is 0 Å². The Morgan fingerprint density at radius 3 is 3.09 bits per heavy atom. The zero-order valence-electron chi connectivity index (χ0n) is 6.32. The van der Waals surface area contributed by atoms with Crippen LogP contribution in [-0.4, -0.2) is 40.3 Å². The molecule has 2 rings (SSSR count). The van der Waals surface area contributed by atoms with E-state index < -0.39 is 0 Å². The van der Waals surface area contributed by atoms with E-state index in [2.05, 4.69) is 0 Å². The van der Waals surface area contributed by atoms with Crippen molar-refractivity contribution < 1.29 is 10.0 Å². The molecule has 2 amide bonds. The molecule has 1 N–H and O–H groups in total. The van der Waals surface area contributed by atoms with Crippen molar-refractivity contribution in [1.29, 1.82) is 0 Å². The molecule has 2 bridgehead atoms. The van der Waals surface area contributed by atoms with E-state index in [-0.39, 0.29) is 12.1 Å². The Labute approximate surface area is 64.7 Å². The summed E-state index contributed by atoms with van der Waals surface area (Å²) in [6.07, 6.45) is 1.93. The Hall–Kier alpha value is -1.03. The predicted molar refractivity (Wildman–Crippen MR) is 38.1 cm³/mol. The van der Waals surface area contributed by atoms with E-state index in [4.69, 9.17) is 0 Å². The van der Waals surface area contributed by atoms with E-state index in [1.807, 2.05) is 13.0 Å². The van der Waals surface area contributed by atoms with Gasteiger partial charge < -0.3 is 4.90 Å². The summed E-state index contributed by atoms with van der Waals surface area (Å²) in [4.78, 5) is 12.7. The van der Waals surface area contributed by atoms with Crippen molar-refractivity contribution >= 4 is 6.03 Å². The van der Waals surface area contributed by atoms with Gasteiger partial charge in [-0.1, -0.05) is 11.6 Å². The van der Waals surface area contributed by atoms with Gasteiger partial charge in [0.05, 0.1) is 6.04 Å². The van der Waals surface area contributed by atoms with Gasteiger partial charge in [0.2, 0.25) is 0 Å². The Balaban J connectivity index is 2.31. The molecule has 4 nitrogen and oxygen atoms in total. The minimum atomic E-state index is -0.275. The maximum atomic E-state index is 11.1. The molecule has 0 spiro atoms. The van der Waals surface area contributed by atoms with Gasteiger partial charge >= 0.3 is 6.03 Å². The van der Waals surface area contributed by atoms with Crippen molar-refractivity contribution in [3.05, 3.63) is 11.6 Å². The molecule has 4 heteroatoms. The van der Waals surface area contributed by atoms with Gasteiger partial charge in [0, 0.05) is 13.1 Å². The number of hydroxylamine groups is 2. The van der Waals surface area contributed by atoms with Gasteiger partial charge in [-0.05, 0) is 6.92 Å². The second-order valence-electron chi connectivity index (χ2n) is 3.09. The fourth-order valence-electron chi connectivity index (χ4n) is 1.61. The number of carbonyl (C=O) groups is 1. The van der Waals surface area contributed by atoms with Crippen LogP contribution in [0.15, 0.2) is 11.6 Å². The average Bonchev–Trinajstić information content (AvgIpc) is 2.16. The van der Waals surface area contributed by atoms with E-state index in [1.165, 1.54) is 0 Å². The number of fused-ring (bicyclic) bond motifs is 2. The Morgan fingerprint density at radius 2 is 2.45 bits per heavy atom. The van der Waals surface area contributed by atoms with Gasteiger partial charge in [-0.3, -0.25) is 5.21 Å². The molecule has 2 aliphatic heterocycles. The van der Waals surface area contributed by atoms with E-state index in [0.717, 1.165) is 10.6 Å². The number of amides is 2. The first-order valence-electron chi connectivity index (χ1n) is 3.63. The molecule has 1 saturated heterocycles. The van der Waals surface area contributed by atoms with Crippen molar-refractivity contribution in [2.45, 2.75) is 13.0 Å². The van der Waals surface area contributed by atoms with Crippen LogP contribution in [0.3, 0.4) is 0 Å². The fourth-order valence-corrected chi connectivity index (χ4v) is 1.61. The standard InChI is InChI=1S/C7H10N2O2/c1-5-2-6-4-8(3-5)7(10)9(6)11/h2,6,11H,3-4H2,1H3. The predicted octanol–water partition coefficient (Wildman–Crippen LogP) is 0.442. The minimum Gasteiger partial charge on any atom is -0.316 e. The van der Waals surface area contributed by atoms with E-state index in [0.29, 0.717) is 13.1 Å². The van der Waals surface area contributed by atoms with E-state index >= 15 is 0 Å². The molecule has 1 atom stereocenters. The molecule has 0 aromatic heterocycles. The molecule has 0 radical (unpaired) electrons. The van der Waals surface area contributed by atoms with Crippen LogP contribution in [-0.2, 0) is 0 Å². The topological polar surface area (TPSA) is 43.8 Å². The van der Waals surface area contributed by atoms with Crippen molar-refractivity contribution in [1.82, 2.24) is 9.96 Å². The number of rotatable bonds is 0. The highest BCUT2D eigenvalue weighted by Crippen LogP contribution is 2.21. The maximum absolute atomic E-state index is 11.1. The van der Waals surface area contributed by atoms with E-state index in [1.54, 1.807) is 4.90 Å². The largest absolute Gasteiger partial charge is 0.344 e. The first-order valence-corrected chi connectivity index (χ1v) is 3.63. The Morgan fingerprint density at radius 1 is 1.73 bits per heavy atom. The number of hydrogen-bond acceptors (Lipinski definition) is 2. The molecule has 60 valence electrons. The van der Waals surface area contributed by atoms with Crippen LogP contribution < -0.4 is 0 Å². The normalized spacial score (nSPS) is 29.5. The third-order valence-corrected chi connectivity index (χ3v) is 2.11. The number of hydrogen-bond donors (Lipinski definition) is 1. The van der Waals surface area contributed by atoms with Crippen LogP contribution in [0.1, 0.15) is 6.92 Å². The first-order chi connectivity index (χ1) is 5.18. The molecule has 1 unspecified atom stereocenters. The van der Waals surface area contributed by atoms with Crippen molar-refractivity contribution in [3.63, 3.8) is 0 Å². The highest BCUT2D eigenvalue weighted by Gasteiger charge is 2.37. The molecule has 2 heterocycles. The summed E-state index contributed by atoms with van der Waals surface area (Å²) in [7, 11) is 0. The van der Waals surface area contributed by atoms with Crippen LogP contribution in [0.4, 0.5) is 4.79 Å². The molecule has 0 aromatic carbocycles. The lowest BCUT2D eigenvalue weighted by atomic mass is 10.1. The lowest BCUT2D eigenvalue weighted by Crippen LogP contribution is -2.30. The highest BCUT2D eigenvalue weighted by atomic mass is 16.5. The summed E-state index contributed by atoms with van der Waals surface area (Å²) in [6, 6.07) is -0.389. The zero-order valence-corrected chi connectivity index (χ0v) is 6.32. The molecular weight excluding hydrogens is 144 g/mol. The second kappa shape index (κ2) is 1.98. The van der Waals surface area contributed by atoms with Crippen LogP contribution in [0, 0.1) is 0 Å². The number of urea groups is 1. The summed E-state index contributed by atoms with van der Waals surface area (Å²) in [5.41, 5.74) is 1.14. The molecule has 0 aliphatic carbocycles. The molecule has 11 heavy (non-hydrogen) atoms. The molecule has 2 aliphatic rings. The first kappa shape index (κ1) is 6.67. The van der Waals surface area contributed by atoms with Crippen LogP contribution in [0.5, 0.6) is 0 Å². The van der Waals surface area contributed by atoms with Crippen molar-refractivity contribution in [3.8, 4) is 0 Å².